The van der Waals surface area contributed by atoms with Gasteiger partial charge < -0.3 is 10.6 Å². The third-order valence-corrected chi connectivity index (χ3v) is 2.77. The van der Waals surface area contributed by atoms with Crippen molar-refractivity contribution >= 4 is 17.2 Å². The first-order valence-corrected chi connectivity index (χ1v) is 5.53. The van der Waals surface area contributed by atoms with Gasteiger partial charge in [0.1, 0.15) is 11.7 Å². The molecular weight excluding hydrogens is 229 g/mol. The van der Waals surface area contributed by atoms with Crippen molar-refractivity contribution in [2.24, 2.45) is 5.73 Å². The topological polar surface area (TPSA) is 53.1 Å². The van der Waals surface area contributed by atoms with Gasteiger partial charge in [-0.25, -0.2) is 4.39 Å². The first-order valence-electron chi connectivity index (χ1n) is 5.53. The Morgan fingerprint density at radius 1 is 1.06 bits per heavy atom. The number of nitrogen functional groups attached to an aromatic ring is 1. The van der Waals surface area contributed by atoms with E-state index in [0.29, 0.717) is 16.9 Å². The number of rotatable bonds is 3. The number of nitrogens with one attached hydrogen (secondary N) is 1. The minimum absolute atomic E-state index is 0.0335. The Hall–Kier alpha value is -2.36. The molecule has 2 aromatic rings. The van der Waals surface area contributed by atoms with Crippen LogP contribution in [0.25, 0.3) is 0 Å². The molecule has 0 saturated heterocycles. The van der Waals surface area contributed by atoms with Gasteiger partial charge >= 0.3 is 0 Å². The predicted molar refractivity (Wildman–Crippen MR) is 71.9 cm³/mol. The van der Waals surface area contributed by atoms with Crippen LogP contribution in [-0.2, 0) is 0 Å². The van der Waals surface area contributed by atoms with Crippen LogP contribution in [0.1, 0.15) is 5.56 Å². The van der Waals surface area contributed by atoms with E-state index in [1.165, 1.54) is 6.07 Å². The average molecular weight is 243 g/mol. The summed E-state index contributed by atoms with van der Waals surface area (Å²) in [5.74, 6) is -0.341. The van der Waals surface area contributed by atoms with Crippen molar-refractivity contribution in [1.29, 1.82) is 5.41 Å². The molecule has 0 bridgehead atoms. The summed E-state index contributed by atoms with van der Waals surface area (Å²) < 4.78 is 13.7. The van der Waals surface area contributed by atoms with Crippen molar-refractivity contribution in [3.8, 4) is 0 Å². The smallest absolute Gasteiger partial charge is 0.146 e. The van der Waals surface area contributed by atoms with E-state index in [0.717, 1.165) is 0 Å². The summed E-state index contributed by atoms with van der Waals surface area (Å²) in [6.07, 6.45) is 0. The van der Waals surface area contributed by atoms with Crippen molar-refractivity contribution < 1.29 is 4.39 Å². The van der Waals surface area contributed by atoms with Crippen LogP contribution in [0, 0.1) is 11.2 Å². The Kier molecular flexibility index (Phi) is 3.28. The molecular formula is C14H14FN3. The van der Waals surface area contributed by atoms with Crippen LogP contribution in [0.15, 0.2) is 48.5 Å². The molecule has 0 heterocycles. The number of para-hydroxylation sites is 2. The fourth-order valence-corrected chi connectivity index (χ4v) is 1.85. The highest BCUT2D eigenvalue weighted by molar-refractivity contribution is 6.01. The summed E-state index contributed by atoms with van der Waals surface area (Å²) in [6.45, 7) is 0. The molecule has 0 saturated carbocycles. The first kappa shape index (κ1) is 12.1. The lowest BCUT2D eigenvalue weighted by atomic mass is 10.1. The van der Waals surface area contributed by atoms with Gasteiger partial charge in [0.25, 0.3) is 0 Å². The SMILES string of the molecule is CN(c1ccccc1F)c1ccccc1C(=N)N. The fourth-order valence-electron chi connectivity index (χ4n) is 1.85. The Bertz CT molecular complexity index is 581. The minimum Gasteiger partial charge on any atom is -0.384 e. The lowest BCUT2D eigenvalue weighted by Gasteiger charge is -2.22. The van der Waals surface area contributed by atoms with Crippen LogP contribution in [-0.4, -0.2) is 12.9 Å². The van der Waals surface area contributed by atoms with Crippen LogP contribution in [0.4, 0.5) is 15.8 Å². The quantitative estimate of drug-likeness (QED) is 0.643. The molecule has 0 radical (unpaired) electrons. The second kappa shape index (κ2) is 4.87. The van der Waals surface area contributed by atoms with Crippen molar-refractivity contribution in [2.45, 2.75) is 0 Å². The number of hydrogen-bond donors (Lipinski definition) is 2. The van der Waals surface area contributed by atoms with Crippen LogP contribution < -0.4 is 10.6 Å². The second-order valence-electron chi connectivity index (χ2n) is 3.94. The third-order valence-electron chi connectivity index (χ3n) is 2.77. The Morgan fingerprint density at radius 2 is 1.61 bits per heavy atom. The number of benzene rings is 2. The van der Waals surface area contributed by atoms with E-state index in [4.69, 9.17) is 11.1 Å². The summed E-state index contributed by atoms with van der Waals surface area (Å²) in [7, 11) is 1.75. The molecule has 0 spiro atoms. The molecule has 0 amide bonds. The van der Waals surface area contributed by atoms with Gasteiger partial charge in [-0.3, -0.25) is 5.41 Å². The summed E-state index contributed by atoms with van der Waals surface area (Å²) >= 11 is 0. The van der Waals surface area contributed by atoms with Gasteiger partial charge in [-0.1, -0.05) is 24.3 Å². The normalized spacial score (nSPS) is 10.1. The zero-order valence-corrected chi connectivity index (χ0v) is 10.0. The van der Waals surface area contributed by atoms with Gasteiger partial charge in [0.05, 0.1) is 11.4 Å². The maximum Gasteiger partial charge on any atom is 0.146 e. The summed E-state index contributed by atoms with van der Waals surface area (Å²) in [5.41, 5.74) is 7.27. The van der Waals surface area contributed by atoms with Crippen LogP contribution in [0.3, 0.4) is 0 Å². The Labute approximate surface area is 105 Å². The summed E-state index contributed by atoms with van der Waals surface area (Å²) in [6, 6.07) is 13.7. The molecule has 0 fully saturated rings. The monoisotopic (exact) mass is 243 g/mol. The molecule has 3 N–H and O–H groups in total. The molecule has 2 rings (SSSR count). The second-order valence-corrected chi connectivity index (χ2v) is 3.94. The predicted octanol–water partition coefficient (Wildman–Crippen LogP) is 2.88. The van der Waals surface area contributed by atoms with Gasteiger partial charge in [0.15, 0.2) is 0 Å². The van der Waals surface area contributed by atoms with Crippen molar-refractivity contribution in [2.75, 3.05) is 11.9 Å². The van der Waals surface area contributed by atoms with Gasteiger partial charge in [-0.2, -0.15) is 0 Å². The maximum absolute atomic E-state index is 13.7. The third kappa shape index (κ3) is 2.18. The van der Waals surface area contributed by atoms with Crippen LogP contribution in [0.2, 0.25) is 0 Å². The van der Waals surface area contributed by atoms with E-state index in [2.05, 4.69) is 0 Å². The number of anilines is 2. The van der Waals surface area contributed by atoms with E-state index < -0.39 is 0 Å². The van der Waals surface area contributed by atoms with Crippen LogP contribution >= 0.6 is 0 Å². The van der Waals surface area contributed by atoms with E-state index >= 15 is 0 Å². The van der Waals surface area contributed by atoms with Gasteiger partial charge in [-0.15, -0.1) is 0 Å². The lowest BCUT2D eigenvalue weighted by molar-refractivity contribution is 0.627. The first-order chi connectivity index (χ1) is 8.61. The van der Waals surface area contributed by atoms with Crippen molar-refractivity contribution in [3.05, 3.63) is 59.9 Å². The number of nitrogens with two attached hydrogens (primary N) is 1. The molecule has 18 heavy (non-hydrogen) atoms. The summed E-state index contributed by atoms with van der Waals surface area (Å²) in [5, 5.41) is 7.54. The highest BCUT2D eigenvalue weighted by Gasteiger charge is 2.13. The molecule has 0 aliphatic rings. The molecule has 0 aliphatic heterocycles. The molecule has 0 atom stereocenters. The van der Waals surface area contributed by atoms with E-state index in [1.807, 2.05) is 12.1 Å². The Balaban J connectivity index is 2.50. The lowest BCUT2D eigenvalue weighted by Crippen LogP contribution is -2.19. The van der Waals surface area contributed by atoms with Gasteiger partial charge in [0, 0.05) is 12.6 Å². The zero-order valence-electron chi connectivity index (χ0n) is 10.0. The summed E-state index contributed by atoms with van der Waals surface area (Å²) in [4.78, 5) is 1.69. The van der Waals surface area contributed by atoms with E-state index in [-0.39, 0.29) is 11.7 Å². The maximum atomic E-state index is 13.7. The van der Waals surface area contributed by atoms with Crippen molar-refractivity contribution in [3.63, 3.8) is 0 Å². The van der Waals surface area contributed by atoms with E-state index in [9.17, 15) is 4.39 Å². The highest BCUT2D eigenvalue weighted by atomic mass is 19.1. The molecule has 0 unspecified atom stereocenters. The van der Waals surface area contributed by atoms with E-state index in [1.54, 1.807) is 42.3 Å². The average Bonchev–Trinajstić information content (AvgIpc) is 2.38. The molecule has 0 aliphatic carbocycles. The van der Waals surface area contributed by atoms with Gasteiger partial charge in [-0.05, 0) is 24.3 Å². The number of nitrogens with zero attached hydrogens (tertiary/aromatic N) is 1. The largest absolute Gasteiger partial charge is 0.384 e. The molecule has 0 aromatic heterocycles. The number of halogens is 1. The van der Waals surface area contributed by atoms with Crippen LogP contribution in [0.5, 0.6) is 0 Å². The molecule has 3 nitrogen and oxygen atoms in total. The minimum atomic E-state index is -0.307. The Morgan fingerprint density at radius 3 is 2.22 bits per heavy atom. The standard InChI is InChI=1S/C14H14FN3/c1-18(13-9-5-3-7-11(13)15)12-8-4-2-6-10(12)14(16)17/h2-9H,1H3,(H3,16,17). The highest BCUT2D eigenvalue weighted by Crippen LogP contribution is 2.28. The van der Waals surface area contributed by atoms with Crippen molar-refractivity contribution in [1.82, 2.24) is 0 Å². The molecule has 92 valence electrons. The fraction of sp³-hybridized carbons (Fsp3) is 0.0714. The van der Waals surface area contributed by atoms with Gasteiger partial charge in [0.2, 0.25) is 0 Å². The zero-order chi connectivity index (χ0) is 13.1. The number of amidine groups is 1. The molecule has 2 aromatic carbocycles. The number of hydrogen-bond acceptors (Lipinski definition) is 2. The molecule has 4 heteroatoms.